The van der Waals surface area contributed by atoms with E-state index in [1.165, 1.54) is 0 Å². The standard InChI is InChI=1S/C20H23NO4/c1-14(2)17(16-11-7-4-8-12-16)18(19(22)23)21-20(24)25-13-15-9-5-3-6-10-15/h3-12,14,17-18H,13H2,1-2H3,(H,21,24)(H,22,23). The predicted octanol–water partition coefficient (Wildman–Crippen LogP) is 3.81. The van der Waals surface area contributed by atoms with E-state index in [0.29, 0.717) is 0 Å². The zero-order valence-corrected chi connectivity index (χ0v) is 14.4. The molecule has 1 amide bonds. The first-order valence-electron chi connectivity index (χ1n) is 8.24. The number of nitrogens with one attached hydrogen (secondary N) is 1. The summed E-state index contributed by atoms with van der Waals surface area (Å²) in [5.41, 5.74) is 1.71. The van der Waals surface area contributed by atoms with Crippen LogP contribution in [-0.4, -0.2) is 23.2 Å². The molecule has 0 aliphatic rings. The van der Waals surface area contributed by atoms with Crippen LogP contribution in [0.15, 0.2) is 60.7 Å². The van der Waals surface area contributed by atoms with Gasteiger partial charge in [-0.05, 0) is 17.0 Å². The Labute approximate surface area is 147 Å². The smallest absolute Gasteiger partial charge is 0.408 e. The van der Waals surface area contributed by atoms with Crippen LogP contribution < -0.4 is 5.32 Å². The van der Waals surface area contributed by atoms with Gasteiger partial charge in [-0.15, -0.1) is 0 Å². The van der Waals surface area contributed by atoms with Crippen LogP contribution in [-0.2, 0) is 16.1 Å². The number of carboxylic acids is 1. The summed E-state index contributed by atoms with van der Waals surface area (Å²) in [6.45, 7) is 3.96. The zero-order chi connectivity index (χ0) is 18.2. The summed E-state index contributed by atoms with van der Waals surface area (Å²) in [6, 6.07) is 17.5. The number of aliphatic carboxylic acids is 1. The van der Waals surface area contributed by atoms with Crippen molar-refractivity contribution in [3.05, 3.63) is 71.8 Å². The Kier molecular flexibility index (Phi) is 6.57. The first kappa shape index (κ1) is 18.5. The highest BCUT2D eigenvalue weighted by Crippen LogP contribution is 2.28. The third-order valence-electron chi connectivity index (χ3n) is 4.01. The molecule has 2 rings (SSSR count). The van der Waals surface area contributed by atoms with Crippen molar-refractivity contribution in [1.29, 1.82) is 0 Å². The molecule has 132 valence electrons. The van der Waals surface area contributed by atoms with E-state index in [0.717, 1.165) is 11.1 Å². The third-order valence-corrected chi connectivity index (χ3v) is 4.01. The number of carbonyl (C=O) groups excluding carboxylic acids is 1. The fourth-order valence-electron chi connectivity index (χ4n) is 2.83. The van der Waals surface area contributed by atoms with Gasteiger partial charge in [-0.3, -0.25) is 0 Å². The van der Waals surface area contributed by atoms with Crippen molar-refractivity contribution < 1.29 is 19.4 Å². The van der Waals surface area contributed by atoms with Crippen molar-refractivity contribution in [3.63, 3.8) is 0 Å². The van der Waals surface area contributed by atoms with Crippen LogP contribution in [0, 0.1) is 5.92 Å². The average molecular weight is 341 g/mol. The van der Waals surface area contributed by atoms with Crippen LogP contribution in [0.1, 0.15) is 30.9 Å². The number of carbonyl (C=O) groups is 2. The van der Waals surface area contributed by atoms with Gasteiger partial charge in [0, 0.05) is 5.92 Å². The third kappa shape index (κ3) is 5.35. The quantitative estimate of drug-likeness (QED) is 0.803. The molecule has 2 unspecified atom stereocenters. The van der Waals surface area contributed by atoms with Gasteiger partial charge in [0.2, 0.25) is 0 Å². The fourth-order valence-corrected chi connectivity index (χ4v) is 2.83. The van der Waals surface area contributed by atoms with Gasteiger partial charge in [0.1, 0.15) is 12.6 Å². The molecular formula is C20H23NO4. The van der Waals surface area contributed by atoms with Crippen LogP contribution in [0.3, 0.4) is 0 Å². The summed E-state index contributed by atoms with van der Waals surface area (Å²) in [4.78, 5) is 23.9. The van der Waals surface area contributed by atoms with Gasteiger partial charge in [-0.2, -0.15) is 0 Å². The van der Waals surface area contributed by atoms with Crippen LogP contribution >= 0.6 is 0 Å². The minimum atomic E-state index is -1.08. The summed E-state index contributed by atoms with van der Waals surface area (Å²) >= 11 is 0. The van der Waals surface area contributed by atoms with Crippen LogP contribution in [0.25, 0.3) is 0 Å². The van der Waals surface area contributed by atoms with Gasteiger partial charge < -0.3 is 15.2 Å². The number of hydrogen-bond donors (Lipinski definition) is 2. The first-order chi connectivity index (χ1) is 12.0. The molecule has 0 saturated heterocycles. The van der Waals surface area contributed by atoms with Crippen molar-refractivity contribution in [2.75, 3.05) is 0 Å². The van der Waals surface area contributed by atoms with Crippen molar-refractivity contribution in [2.45, 2.75) is 32.4 Å². The van der Waals surface area contributed by atoms with Gasteiger partial charge >= 0.3 is 12.1 Å². The number of hydrogen-bond acceptors (Lipinski definition) is 3. The minimum absolute atomic E-state index is 0.0259. The molecule has 0 heterocycles. The number of alkyl carbamates (subject to hydrolysis) is 1. The monoisotopic (exact) mass is 341 g/mol. The SMILES string of the molecule is CC(C)C(c1ccccc1)C(NC(=O)OCc1ccccc1)C(=O)O. The second-order valence-electron chi connectivity index (χ2n) is 6.20. The number of amides is 1. The molecule has 0 aromatic heterocycles. The maximum absolute atomic E-state index is 12.1. The maximum Gasteiger partial charge on any atom is 0.408 e. The van der Waals surface area contributed by atoms with Crippen molar-refractivity contribution in [3.8, 4) is 0 Å². The van der Waals surface area contributed by atoms with Crippen molar-refractivity contribution >= 4 is 12.1 Å². The van der Waals surface area contributed by atoms with E-state index < -0.39 is 18.1 Å². The highest BCUT2D eigenvalue weighted by Gasteiger charge is 2.33. The lowest BCUT2D eigenvalue weighted by Gasteiger charge is -2.28. The van der Waals surface area contributed by atoms with Crippen molar-refractivity contribution in [1.82, 2.24) is 5.32 Å². The molecule has 5 heteroatoms. The molecular weight excluding hydrogens is 318 g/mol. The molecule has 25 heavy (non-hydrogen) atoms. The van der Waals surface area contributed by atoms with Crippen LogP contribution in [0.2, 0.25) is 0 Å². The summed E-state index contributed by atoms with van der Waals surface area (Å²) in [7, 11) is 0. The predicted molar refractivity (Wildman–Crippen MR) is 95.2 cm³/mol. The Balaban J connectivity index is 2.08. The largest absolute Gasteiger partial charge is 0.480 e. The van der Waals surface area contributed by atoms with E-state index >= 15 is 0 Å². The summed E-state index contributed by atoms with van der Waals surface area (Å²) in [5, 5.41) is 12.1. The van der Waals surface area contributed by atoms with E-state index in [9.17, 15) is 14.7 Å². The fraction of sp³-hybridized carbons (Fsp3) is 0.300. The molecule has 2 aromatic rings. The Hall–Kier alpha value is -2.82. The Bertz CT molecular complexity index is 685. The number of benzene rings is 2. The maximum atomic E-state index is 12.1. The van der Waals surface area contributed by atoms with Crippen molar-refractivity contribution in [2.24, 2.45) is 5.92 Å². The molecule has 0 saturated carbocycles. The summed E-state index contributed by atoms with van der Waals surface area (Å²) < 4.78 is 5.16. The van der Waals surface area contributed by atoms with E-state index in [2.05, 4.69) is 5.32 Å². The second kappa shape index (κ2) is 8.87. The highest BCUT2D eigenvalue weighted by molar-refractivity contribution is 5.81. The Morgan fingerprint density at radius 2 is 1.56 bits per heavy atom. The lowest BCUT2D eigenvalue weighted by molar-refractivity contribution is -0.140. The molecule has 0 fully saturated rings. The van der Waals surface area contributed by atoms with Gasteiger partial charge in [-0.1, -0.05) is 74.5 Å². The molecule has 0 radical (unpaired) electrons. The molecule has 0 aliphatic carbocycles. The highest BCUT2D eigenvalue weighted by atomic mass is 16.5. The van der Waals surface area contributed by atoms with Crippen LogP contribution in [0.4, 0.5) is 4.79 Å². The van der Waals surface area contributed by atoms with E-state index in [-0.39, 0.29) is 18.4 Å². The van der Waals surface area contributed by atoms with Gasteiger partial charge in [0.05, 0.1) is 0 Å². The summed E-state index contributed by atoms with van der Waals surface area (Å²) in [6.07, 6.45) is -0.738. The number of ether oxygens (including phenoxy) is 1. The van der Waals surface area contributed by atoms with Crippen LogP contribution in [0.5, 0.6) is 0 Å². The number of carboxylic acid groups (broad SMARTS) is 1. The lowest BCUT2D eigenvalue weighted by Crippen LogP contribution is -2.46. The molecule has 0 bridgehead atoms. The normalized spacial score (nSPS) is 13.1. The average Bonchev–Trinajstić information content (AvgIpc) is 2.61. The Morgan fingerprint density at radius 3 is 2.08 bits per heavy atom. The first-order valence-corrected chi connectivity index (χ1v) is 8.24. The molecule has 2 atom stereocenters. The van der Waals surface area contributed by atoms with E-state index in [1.807, 2.05) is 74.5 Å². The second-order valence-corrected chi connectivity index (χ2v) is 6.20. The lowest BCUT2D eigenvalue weighted by atomic mass is 9.82. The Morgan fingerprint density at radius 1 is 1.00 bits per heavy atom. The zero-order valence-electron chi connectivity index (χ0n) is 14.4. The minimum Gasteiger partial charge on any atom is -0.480 e. The molecule has 0 aliphatic heterocycles. The molecule has 5 nitrogen and oxygen atoms in total. The molecule has 2 N–H and O–H groups in total. The van der Waals surface area contributed by atoms with Gasteiger partial charge in [0.15, 0.2) is 0 Å². The van der Waals surface area contributed by atoms with Gasteiger partial charge in [-0.25, -0.2) is 9.59 Å². The summed E-state index contributed by atoms with van der Waals surface area (Å²) in [5.74, 6) is -1.42. The van der Waals surface area contributed by atoms with Gasteiger partial charge in [0.25, 0.3) is 0 Å². The topological polar surface area (TPSA) is 75.6 Å². The molecule has 0 spiro atoms. The van der Waals surface area contributed by atoms with E-state index in [4.69, 9.17) is 4.74 Å². The number of rotatable bonds is 7. The van der Waals surface area contributed by atoms with E-state index in [1.54, 1.807) is 0 Å². The molecule has 2 aromatic carbocycles.